The summed E-state index contributed by atoms with van der Waals surface area (Å²) in [4.78, 5) is 11.4. The standard InChI is InChI=1S/C10H19NO4/c1-2-3-14-4-5-15-10(13)9-6-8(12)7-11-9/h8-9,11-12H,2-7H2,1H3. The van der Waals surface area contributed by atoms with Gasteiger partial charge in [0.1, 0.15) is 12.6 Å². The van der Waals surface area contributed by atoms with E-state index >= 15 is 0 Å². The summed E-state index contributed by atoms with van der Waals surface area (Å²) in [6.45, 7) is 3.90. The number of carbonyl (C=O) groups is 1. The SMILES string of the molecule is CCCOCCOC(=O)C1CC(O)CN1. The number of rotatable bonds is 6. The Morgan fingerprint density at radius 1 is 1.47 bits per heavy atom. The summed E-state index contributed by atoms with van der Waals surface area (Å²) in [6, 6.07) is -0.355. The van der Waals surface area contributed by atoms with E-state index in [0.717, 1.165) is 6.42 Å². The van der Waals surface area contributed by atoms with Gasteiger partial charge in [-0.2, -0.15) is 0 Å². The zero-order valence-corrected chi connectivity index (χ0v) is 9.07. The highest BCUT2D eigenvalue weighted by molar-refractivity contribution is 5.76. The number of ether oxygens (including phenoxy) is 2. The number of carbonyl (C=O) groups excluding carboxylic acids is 1. The molecule has 1 rings (SSSR count). The van der Waals surface area contributed by atoms with Crippen LogP contribution in [0.25, 0.3) is 0 Å². The fourth-order valence-corrected chi connectivity index (χ4v) is 1.44. The number of hydrogen-bond donors (Lipinski definition) is 2. The second kappa shape index (κ2) is 6.76. The van der Waals surface area contributed by atoms with Crippen molar-refractivity contribution in [2.45, 2.75) is 31.9 Å². The molecule has 2 unspecified atom stereocenters. The van der Waals surface area contributed by atoms with E-state index in [2.05, 4.69) is 5.32 Å². The van der Waals surface area contributed by atoms with Gasteiger partial charge in [-0.05, 0) is 6.42 Å². The average Bonchev–Trinajstić information content (AvgIpc) is 2.64. The van der Waals surface area contributed by atoms with Gasteiger partial charge in [0.15, 0.2) is 0 Å². The largest absolute Gasteiger partial charge is 0.462 e. The molecule has 0 amide bonds. The summed E-state index contributed by atoms with van der Waals surface area (Å²) in [7, 11) is 0. The number of β-amino-alcohol motifs (C(OH)–C–C–N with tert-alkyl or cyclic N) is 1. The molecule has 1 aliphatic rings. The van der Waals surface area contributed by atoms with Crippen LogP contribution in [0, 0.1) is 0 Å². The van der Waals surface area contributed by atoms with Crippen molar-refractivity contribution < 1.29 is 19.4 Å². The first-order chi connectivity index (χ1) is 7.24. The van der Waals surface area contributed by atoms with Crippen LogP contribution in [0.5, 0.6) is 0 Å². The van der Waals surface area contributed by atoms with Crippen molar-refractivity contribution in [1.29, 1.82) is 0 Å². The number of esters is 1. The van der Waals surface area contributed by atoms with Gasteiger partial charge >= 0.3 is 5.97 Å². The third-order valence-electron chi connectivity index (χ3n) is 2.21. The minimum absolute atomic E-state index is 0.285. The molecule has 0 aromatic heterocycles. The van der Waals surface area contributed by atoms with E-state index in [-0.39, 0.29) is 18.6 Å². The van der Waals surface area contributed by atoms with Crippen molar-refractivity contribution in [3.8, 4) is 0 Å². The Hall–Kier alpha value is -0.650. The Kier molecular flexibility index (Phi) is 5.60. The molecule has 1 aliphatic heterocycles. The van der Waals surface area contributed by atoms with Gasteiger partial charge in [0.2, 0.25) is 0 Å². The van der Waals surface area contributed by atoms with Crippen molar-refractivity contribution in [2.75, 3.05) is 26.4 Å². The predicted molar refractivity (Wildman–Crippen MR) is 54.5 cm³/mol. The van der Waals surface area contributed by atoms with E-state index in [4.69, 9.17) is 9.47 Å². The molecule has 0 bridgehead atoms. The summed E-state index contributed by atoms with van der Waals surface area (Å²) in [6.07, 6.45) is 0.970. The second-order valence-electron chi connectivity index (χ2n) is 3.63. The van der Waals surface area contributed by atoms with Gasteiger partial charge in [0, 0.05) is 19.6 Å². The zero-order valence-electron chi connectivity index (χ0n) is 9.07. The van der Waals surface area contributed by atoms with E-state index < -0.39 is 6.10 Å². The molecule has 1 fully saturated rings. The fraction of sp³-hybridized carbons (Fsp3) is 0.900. The lowest BCUT2D eigenvalue weighted by Gasteiger charge is -2.10. The van der Waals surface area contributed by atoms with E-state index in [0.29, 0.717) is 26.2 Å². The molecule has 0 radical (unpaired) electrons. The Bertz CT molecular complexity index is 198. The average molecular weight is 217 g/mol. The first kappa shape index (κ1) is 12.4. The molecule has 0 spiro atoms. The van der Waals surface area contributed by atoms with Crippen LogP contribution in [0.2, 0.25) is 0 Å². The Morgan fingerprint density at radius 2 is 2.27 bits per heavy atom. The smallest absolute Gasteiger partial charge is 0.323 e. The monoisotopic (exact) mass is 217 g/mol. The summed E-state index contributed by atoms with van der Waals surface area (Å²) in [5, 5.41) is 12.1. The molecule has 0 saturated carbocycles. The third-order valence-corrected chi connectivity index (χ3v) is 2.21. The van der Waals surface area contributed by atoms with Crippen LogP contribution in [-0.4, -0.2) is 49.6 Å². The predicted octanol–water partition coefficient (Wildman–Crippen LogP) is -0.321. The van der Waals surface area contributed by atoms with Crippen LogP contribution < -0.4 is 5.32 Å². The van der Waals surface area contributed by atoms with Gasteiger partial charge in [-0.1, -0.05) is 6.92 Å². The van der Waals surface area contributed by atoms with Gasteiger partial charge < -0.3 is 19.9 Å². The lowest BCUT2D eigenvalue weighted by Crippen LogP contribution is -2.33. The Labute approximate surface area is 89.8 Å². The summed E-state index contributed by atoms with van der Waals surface area (Å²) >= 11 is 0. The second-order valence-corrected chi connectivity index (χ2v) is 3.63. The lowest BCUT2D eigenvalue weighted by atomic mass is 10.2. The van der Waals surface area contributed by atoms with Crippen LogP contribution in [0.1, 0.15) is 19.8 Å². The lowest BCUT2D eigenvalue weighted by molar-refractivity contribution is -0.147. The number of aliphatic hydroxyl groups is 1. The maximum atomic E-state index is 11.4. The fourth-order valence-electron chi connectivity index (χ4n) is 1.44. The minimum atomic E-state index is -0.432. The molecule has 5 nitrogen and oxygen atoms in total. The first-order valence-electron chi connectivity index (χ1n) is 5.40. The molecule has 88 valence electrons. The van der Waals surface area contributed by atoms with Crippen LogP contribution in [0.4, 0.5) is 0 Å². The van der Waals surface area contributed by atoms with Crippen LogP contribution in [0.15, 0.2) is 0 Å². The quantitative estimate of drug-likeness (QED) is 0.471. The third kappa shape index (κ3) is 4.59. The number of hydrogen-bond acceptors (Lipinski definition) is 5. The highest BCUT2D eigenvalue weighted by atomic mass is 16.6. The molecular weight excluding hydrogens is 198 g/mol. The summed E-state index contributed by atoms with van der Waals surface area (Å²) in [5.41, 5.74) is 0. The Balaban J connectivity index is 2.03. The van der Waals surface area contributed by atoms with Crippen LogP contribution >= 0.6 is 0 Å². The van der Waals surface area contributed by atoms with Crippen molar-refractivity contribution in [2.24, 2.45) is 0 Å². The van der Waals surface area contributed by atoms with Gasteiger partial charge in [-0.15, -0.1) is 0 Å². The zero-order chi connectivity index (χ0) is 11.1. The topological polar surface area (TPSA) is 67.8 Å². The van der Waals surface area contributed by atoms with Crippen molar-refractivity contribution in [3.63, 3.8) is 0 Å². The van der Waals surface area contributed by atoms with Gasteiger partial charge in [-0.25, -0.2) is 0 Å². The van der Waals surface area contributed by atoms with E-state index in [1.54, 1.807) is 0 Å². The molecule has 1 heterocycles. The normalized spacial score (nSPS) is 25.5. The molecule has 15 heavy (non-hydrogen) atoms. The van der Waals surface area contributed by atoms with E-state index in [9.17, 15) is 9.90 Å². The molecule has 2 atom stereocenters. The molecular formula is C10H19NO4. The van der Waals surface area contributed by atoms with E-state index in [1.165, 1.54) is 0 Å². The summed E-state index contributed by atoms with van der Waals surface area (Å²) in [5.74, 6) is -0.299. The molecule has 0 aromatic rings. The Morgan fingerprint density at radius 3 is 2.87 bits per heavy atom. The number of nitrogens with one attached hydrogen (secondary N) is 1. The molecule has 0 aromatic carbocycles. The van der Waals surface area contributed by atoms with E-state index in [1.807, 2.05) is 6.92 Å². The van der Waals surface area contributed by atoms with Crippen molar-refractivity contribution in [3.05, 3.63) is 0 Å². The maximum Gasteiger partial charge on any atom is 0.323 e. The maximum absolute atomic E-state index is 11.4. The molecule has 0 aliphatic carbocycles. The molecule has 1 saturated heterocycles. The van der Waals surface area contributed by atoms with Crippen molar-refractivity contribution >= 4 is 5.97 Å². The van der Waals surface area contributed by atoms with Gasteiger partial charge in [0.05, 0.1) is 12.7 Å². The molecule has 5 heteroatoms. The number of aliphatic hydroxyl groups excluding tert-OH is 1. The van der Waals surface area contributed by atoms with Gasteiger partial charge in [-0.3, -0.25) is 4.79 Å². The van der Waals surface area contributed by atoms with Gasteiger partial charge in [0.25, 0.3) is 0 Å². The highest BCUT2D eigenvalue weighted by Gasteiger charge is 2.28. The highest BCUT2D eigenvalue weighted by Crippen LogP contribution is 2.07. The summed E-state index contributed by atoms with van der Waals surface area (Å²) < 4.78 is 10.2. The first-order valence-corrected chi connectivity index (χ1v) is 5.40. The van der Waals surface area contributed by atoms with Crippen LogP contribution in [0.3, 0.4) is 0 Å². The minimum Gasteiger partial charge on any atom is -0.462 e. The van der Waals surface area contributed by atoms with Crippen molar-refractivity contribution in [1.82, 2.24) is 5.32 Å². The van der Waals surface area contributed by atoms with Crippen LogP contribution in [-0.2, 0) is 14.3 Å². The molecule has 2 N–H and O–H groups in total.